The van der Waals surface area contributed by atoms with Gasteiger partial charge in [0.15, 0.2) is 11.5 Å². The monoisotopic (exact) mass is 460 g/mol. The zero-order valence-corrected chi connectivity index (χ0v) is 17.5. The number of carbonyl (C=O) groups excluding carboxylic acids is 3. The maximum absolute atomic E-state index is 13.0. The van der Waals surface area contributed by atoms with Crippen molar-refractivity contribution in [2.75, 3.05) is 18.7 Å². The first kappa shape index (κ1) is 21.4. The first-order valence-electron chi connectivity index (χ1n) is 9.43. The summed E-state index contributed by atoms with van der Waals surface area (Å²) in [7, 11) is 0. The Bertz CT molecular complexity index is 1150. The average Bonchev–Trinajstić information content (AvgIpc) is 3.27. The number of ether oxygens (including phenoxy) is 2. The Balaban J connectivity index is 1.44. The van der Waals surface area contributed by atoms with Crippen molar-refractivity contribution in [1.29, 1.82) is 0 Å². The van der Waals surface area contributed by atoms with E-state index in [2.05, 4.69) is 10.6 Å². The summed E-state index contributed by atoms with van der Waals surface area (Å²) in [4.78, 5) is 48.9. The quantitative estimate of drug-likeness (QED) is 0.383. The fourth-order valence-electron chi connectivity index (χ4n) is 3.54. The Hall–Kier alpha value is -3.86. The van der Waals surface area contributed by atoms with Crippen LogP contribution < -0.4 is 20.1 Å². The van der Waals surface area contributed by atoms with Gasteiger partial charge < -0.3 is 20.1 Å². The second-order valence-corrected chi connectivity index (χ2v) is 7.90. The van der Waals surface area contributed by atoms with E-state index in [-0.39, 0.29) is 29.6 Å². The summed E-state index contributed by atoms with van der Waals surface area (Å²) in [5.41, 5.74) is -0.786. The highest BCUT2D eigenvalue weighted by Crippen LogP contribution is 2.34. The Morgan fingerprint density at radius 2 is 2.00 bits per heavy atom. The second-order valence-electron chi connectivity index (χ2n) is 7.49. The van der Waals surface area contributed by atoms with E-state index in [0.717, 1.165) is 16.5 Å². The average molecular weight is 461 g/mol. The van der Waals surface area contributed by atoms with Crippen molar-refractivity contribution >= 4 is 40.8 Å². The van der Waals surface area contributed by atoms with Crippen LogP contribution in [-0.4, -0.2) is 46.5 Å². The number of carbonyl (C=O) groups is 3. The van der Waals surface area contributed by atoms with Crippen LogP contribution in [0.3, 0.4) is 0 Å². The molecule has 2 aliphatic heterocycles. The molecule has 0 spiro atoms. The fourth-order valence-corrected chi connectivity index (χ4v) is 3.73. The molecule has 2 aliphatic rings. The van der Waals surface area contributed by atoms with E-state index in [0.29, 0.717) is 11.5 Å². The molecule has 0 saturated carbocycles. The summed E-state index contributed by atoms with van der Waals surface area (Å²) < 4.78 is 10.6. The highest BCUT2D eigenvalue weighted by molar-refractivity contribution is 6.32. The zero-order valence-electron chi connectivity index (χ0n) is 16.7. The van der Waals surface area contributed by atoms with Crippen molar-refractivity contribution in [3.05, 3.63) is 57.1 Å². The molecule has 12 heteroatoms. The van der Waals surface area contributed by atoms with Gasteiger partial charge in [0.2, 0.25) is 12.7 Å². The van der Waals surface area contributed by atoms with Crippen molar-refractivity contribution < 1.29 is 28.8 Å². The number of nitrogens with one attached hydrogen (secondary N) is 2. The molecule has 0 radical (unpaired) electrons. The third kappa shape index (κ3) is 4.02. The third-order valence-electron chi connectivity index (χ3n) is 5.07. The number of hydrogen-bond acceptors (Lipinski definition) is 7. The van der Waals surface area contributed by atoms with Crippen LogP contribution >= 0.6 is 11.6 Å². The summed E-state index contributed by atoms with van der Waals surface area (Å²) in [6.45, 7) is 1.13. The van der Waals surface area contributed by atoms with Crippen LogP contribution in [0, 0.1) is 10.1 Å². The fraction of sp³-hybridized carbons (Fsp3) is 0.250. The SMILES string of the molecule is CC1(Cc2ccc3c(c2)OCO3)NC(=O)N(CC(=O)Nc2ccc(Cl)c([N+](=O)[O-])c2)C1=O. The largest absolute Gasteiger partial charge is 0.454 e. The molecule has 1 atom stereocenters. The van der Waals surface area contributed by atoms with E-state index in [1.165, 1.54) is 12.1 Å². The van der Waals surface area contributed by atoms with Gasteiger partial charge in [0.25, 0.3) is 11.6 Å². The van der Waals surface area contributed by atoms with Crippen LogP contribution in [0.5, 0.6) is 11.5 Å². The van der Waals surface area contributed by atoms with Crippen LogP contribution in [0.1, 0.15) is 12.5 Å². The standard InChI is InChI=1S/C20H17ClN4O7/c1-20(8-11-2-5-15-16(6-11)32-10-31-15)18(27)24(19(28)23-20)9-17(26)22-12-3-4-13(21)14(7-12)25(29)30/h2-7H,8-10H2,1H3,(H,22,26)(H,23,28). The molecule has 1 fully saturated rings. The molecule has 2 aromatic carbocycles. The minimum absolute atomic E-state index is 0.0821. The van der Waals surface area contributed by atoms with Crippen LogP contribution in [0.15, 0.2) is 36.4 Å². The van der Waals surface area contributed by atoms with E-state index in [1.54, 1.807) is 25.1 Å². The third-order valence-corrected chi connectivity index (χ3v) is 5.39. The molecule has 32 heavy (non-hydrogen) atoms. The first-order valence-corrected chi connectivity index (χ1v) is 9.80. The number of nitro benzene ring substituents is 1. The molecule has 4 amide bonds. The number of fused-ring (bicyclic) bond motifs is 1. The van der Waals surface area contributed by atoms with Gasteiger partial charge >= 0.3 is 6.03 Å². The van der Waals surface area contributed by atoms with Crippen LogP contribution in [-0.2, 0) is 16.0 Å². The zero-order chi connectivity index (χ0) is 23.0. The predicted octanol–water partition coefficient (Wildman–Crippen LogP) is 2.47. The van der Waals surface area contributed by atoms with Gasteiger partial charge in [-0.3, -0.25) is 24.6 Å². The molecule has 2 N–H and O–H groups in total. The number of amides is 4. The van der Waals surface area contributed by atoms with Crippen LogP contribution in [0.4, 0.5) is 16.2 Å². The number of urea groups is 1. The Kier molecular flexibility index (Phi) is 5.35. The molecule has 1 saturated heterocycles. The predicted molar refractivity (Wildman–Crippen MR) is 112 cm³/mol. The lowest BCUT2D eigenvalue weighted by atomic mass is 9.92. The lowest BCUT2D eigenvalue weighted by Gasteiger charge is -2.22. The van der Waals surface area contributed by atoms with Crippen LogP contribution in [0.25, 0.3) is 0 Å². The molecular weight excluding hydrogens is 444 g/mol. The van der Waals surface area contributed by atoms with Crippen molar-refractivity contribution in [3.63, 3.8) is 0 Å². The van der Waals surface area contributed by atoms with E-state index >= 15 is 0 Å². The smallest absolute Gasteiger partial charge is 0.325 e. The van der Waals surface area contributed by atoms with E-state index < -0.39 is 34.9 Å². The summed E-state index contributed by atoms with van der Waals surface area (Å²) in [6, 6.07) is 8.25. The van der Waals surface area contributed by atoms with Gasteiger partial charge in [0.05, 0.1) is 4.92 Å². The van der Waals surface area contributed by atoms with Gasteiger partial charge in [-0.05, 0) is 36.8 Å². The van der Waals surface area contributed by atoms with Crippen molar-refractivity contribution in [3.8, 4) is 11.5 Å². The van der Waals surface area contributed by atoms with Crippen LogP contribution in [0.2, 0.25) is 5.02 Å². The topological polar surface area (TPSA) is 140 Å². The Labute approximate surface area is 186 Å². The number of benzene rings is 2. The number of halogens is 1. The number of anilines is 1. The van der Waals surface area contributed by atoms with E-state index in [4.69, 9.17) is 21.1 Å². The minimum atomic E-state index is -1.26. The lowest BCUT2D eigenvalue weighted by Crippen LogP contribution is -2.46. The molecular formula is C20H17ClN4O7. The van der Waals surface area contributed by atoms with Gasteiger partial charge in [0.1, 0.15) is 17.1 Å². The van der Waals surface area contributed by atoms with E-state index in [9.17, 15) is 24.5 Å². The number of hydrogen-bond donors (Lipinski definition) is 2. The van der Waals surface area contributed by atoms with Gasteiger partial charge in [-0.2, -0.15) is 0 Å². The van der Waals surface area contributed by atoms with Gasteiger partial charge in [-0.25, -0.2) is 4.79 Å². The number of imide groups is 1. The highest BCUT2D eigenvalue weighted by Gasteiger charge is 2.48. The van der Waals surface area contributed by atoms with Crippen molar-refractivity contribution in [2.24, 2.45) is 0 Å². The summed E-state index contributed by atoms with van der Waals surface area (Å²) in [6.07, 6.45) is 0.176. The molecule has 4 rings (SSSR count). The summed E-state index contributed by atoms with van der Waals surface area (Å²) >= 11 is 5.76. The minimum Gasteiger partial charge on any atom is -0.454 e. The lowest BCUT2D eigenvalue weighted by molar-refractivity contribution is -0.384. The number of rotatable bonds is 6. The molecule has 0 bridgehead atoms. The first-order chi connectivity index (χ1) is 15.2. The molecule has 2 heterocycles. The van der Waals surface area contributed by atoms with Gasteiger partial charge in [-0.15, -0.1) is 0 Å². The Morgan fingerprint density at radius 1 is 1.25 bits per heavy atom. The molecule has 11 nitrogen and oxygen atoms in total. The molecule has 1 unspecified atom stereocenters. The number of nitro groups is 1. The van der Waals surface area contributed by atoms with Crippen molar-refractivity contribution in [1.82, 2.24) is 10.2 Å². The summed E-state index contributed by atoms with van der Waals surface area (Å²) in [5, 5.41) is 16.0. The summed E-state index contributed by atoms with van der Waals surface area (Å²) in [5.74, 6) is -0.118. The maximum atomic E-state index is 13.0. The molecule has 166 valence electrons. The van der Waals surface area contributed by atoms with Gasteiger partial charge in [-0.1, -0.05) is 17.7 Å². The Morgan fingerprint density at radius 3 is 2.75 bits per heavy atom. The van der Waals surface area contributed by atoms with Gasteiger partial charge in [0, 0.05) is 18.2 Å². The normalized spacial score (nSPS) is 19.1. The molecule has 0 aromatic heterocycles. The number of nitrogens with zero attached hydrogens (tertiary/aromatic N) is 2. The highest BCUT2D eigenvalue weighted by atomic mass is 35.5. The van der Waals surface area contributed by atoms with Crippen molar-refractivity contribution in [2.45, 2.75) is 18.9 Å². The molecule has 0 aliphatic carbocycles. The second kappa shape index (κ2) is 8.00. The van der Waals surface area contributed by atoms with E-state index in [1.807, 2.05) is 0 Å². The maximum Gasteiger partial charge on any atom is 0.325 e. The molecule has 2 aromatic rings.